The monoisotopic (exact) mass is 251 g/mol. The van der Waals surface area contributed by atoms with Crippen LogP contribution < -0.4 is 15.8 Å². The SMILES string of the molecule is CCOc1cccc(NCC(N)C(CC)CC)n1. The van der Waals surface area contributed by atoms with Crippen molar-refractivity contribution in [3.63, 3.8) is 0 Å². The Morgan fingerprint density at radius 3 is 2.61 bits per heavy atom. The van der Waals surface area contributed by atoms with Crippen molar-refractivity contribution in [1.82, 2.24) is 4.98 Å². The van der Waals surface area contributed by atoms with E-state index in [-0.39, 0.29) is 6.04 Å². The van der Waals surface area contributed by atoms with Crippen LogP contribution in [0, 0.1) is 5.92 Å². The van der Waals surface area contributed by atoms with Crippen LogP contribution in [0.3, 0.4) is 0 Å². The molecule has 0 saturated carbocycles. The van der Waals surface area contributed by atoms with Crippen LogP contribution in [0.15, 0.2) is 18.2 Å². The largest absolute Gasteiger partial charge is 0.478 e. The topological polar surface area (TPSA) is 60.2 Å². The molecule has 0 saturated heterocycles. The zero-order valence-electron chi connectivity index (χ0n) is 11.6. The molecule has 1 atom stereocenters. The molecule has 102 valence electrons. The van der Waals surface area contributed by atoms with Crippen LogP contribution in [0.1, 0.15) is 33.6 Å². The van der Waals surface area contributed by atoms with E-state index in [1.165, 1.54) is 0 Å². The van der Waals surface area contributed by atoms with E-state index in [1.807, 2.05) is 25.1 Å². The first-order valence-electron chi connectivity index (χ1n) is 6.80. The van der Waals surface area contributed by atoms with Crippen molar-refractivity contribution in [2.75, 3.05) is 18.5 Å². The molecule has 3 N–H and O–H groups in total. The average molecular weight is 251 g/mol. The lowest BCUT2D eigenvalue weighted by Gasteiger charge is -2.21. The molecule has 1 aromatic rings. The second kappa shape index (κ2) is 7.93. The summed E-state index contributed by atoms with van der Waals surface area (Å²) < 4.78 is 5.36. The number of ether oxygens (including phenoxy) is 1. The summed E-state index contributed by atoms with van der Waals surface area (Å²) in [6, 6.07) is 5.89. The second-order valence-corrected chi connectivity index (χ2v) is 4.42. The van der Waals surface area contributed by atoms with Gasteiger partial charge in [0.05, 0.1) is 6.61 Å². The van der Waals surface area contributed by atoms with Gasteiger partial charge in [-0.15, -0.1) is 0 Å². The molecular weight excluding hydrogens is 226 g/mol. The Labute approximate surface area is 110 Å². The molecule has 0 aliphatic heterocycles. The quantitative estimate of drug-likeness (QED) is 0.745. The Bertz CT molecular complexity index is 340. The fraction of sp³-hybridized carbons (Fsp3) is 0.643. The van der Waals surface area contributed by atoms with Gasteiger partial charge in [0.2, 0.25) is 5.88 Å². The van der Waals surface area contributed by atoms with E-state index in [0.29, 0.717) is 18.4 Å². The molecule has 0 aliphatic carbocycles. The van der Waals surface area contributed by atoms with Gasteiger partial charge in [0, 0.05) is 18.7 Å². The maximum Gasteiger partial charge on any atom is 0.215 e. The van der Waals surface area contributed by atoms with Crippen LogP contribution in [0.25, 0.3) is 0 Å². The van der Waals surface area contributed by atoms with Crippen molar-refractivity contribution in [1.29, 1.82) is 0 Å². The highest BCUT2D eigenvalue weighted by atomic mass is 16.5. The van der Waals surface area contributed by atoms with Gasteiger partial charge in [-0.05, 0) is 18.9 Å². The predicted octanol–water partition coefficient (Wildman–Crippen LogP) is 2.66. The van der Waals surface area contributed by atoms with Gasteiger partial charge < -0.3 is 15.8 Å². The molecule has 1 unspecified atom stereocenters. The number of rotatable bonds is 8. The van der Waals surface area contributed by atoms with Crippen molar-refractivity contribution in [2.45, 2.75) is 39.7 Å². The van der Waals surface area contributed by atoms with Crippen molar-refractivity contribution >= 4 is 5.82 Å². The smallest absolute Gasteiger partial charge is 0.215 e. The number of pyridine rings is 1. The summed E-state index contributed by atoms with van der Waals surface area (Å²) >= 11 is 0. The van der Waals surface area contributed by atoms with Gasteiger partial charge >= 0.3 is 0 Å². The van der Waals surface area contributed by atoms with E-state index in [4.69, 9.17) is 10.5 Å². The van der Waals surface area contributed by atoms with Crippen LogP contribution in [0.5, 0.6) is 5.88 Å². The lowest BCUT2D eigenvalue weighted by molar-refractivity contribution is 0.327. The second-order valence-electron chi connectivity index (χ2n) is 4.42. The van der Waals surface area contributed by atoms with Gasteiger partial charge in [0.25, 0.3) is 0 Å². The molecule has 0 amide bonds. The third-order valence-electron chi connectivity index (χ3n) is 3.19. The maximum atomic E-state index is 6.16. The van der Waals surface area contributed by atoms with Gasteiger partial charge in [-0.1, -0.05) is 32.8 Å². The molecule has 1 heterocycles. The number of hydrogen-bond acceptors (Lipinski definition) is 4. The average Bonchev–Trinajstić information content (AvgIpc) is 2.39. The van der Waals surface area contributed by atoms with E-state index in [1.54, 1.807) is 0 Å². The summed E-state index contributed by atoms with van der Waals surface area (Å²) in [5.74, 6) is 2.04. The summed E-state index contributed by atoms with van der Waals surface area (Å²) in [5, 5.41) is 3.28. The Balaban J connectivity index is 2.49. The van der Waals surface area contributed by atoms with Gasteiger partial charge in [0.1, 0.15) is 5.82 Å². The van der Waals surface area contributed by atoms with Crippen LogP contribution in [0.2, 0.25) is 0 Å². The number of nitrogens with one attached hydrogen (secondary N) is 1. The Morgan fingerprint density at radius 1 is 1.28 bits per heavy atom. The highest BCUT2D eigenvalue weighted by Gasteiger charge is 2.13. The van der Waals surface area contributed by atoms with Crippen LogP contribution >= 0.6 is 0 Å². The Hall–Kier alpha value is -1.29. The fourth-order valence-electron chi connectivity index (χ4n) is 2.02. The zero-order chi connectivity index (χ0) is 13.4. The molecule has 4 heteroatoms. The van der Waals surface area contributed by atoms with E-state index in [9.17, 15) is 0 Å². The predicted molar refractivity (Wildman–Crippen MR) is 75.9 cm³/mol. The van der Waals surface area contributed by atoms with Crippen molar-refractivity contribution in [2.24, 2.45) is 11.7 Å². The van der Waals surface area contributed by atoms with Crippen LogP contribution in [-0.4, -0.2) is 24.2 Å². The molecular formula is C14H25N3O. The molecule has 18 heavy (non-hydrogen) atoms. The van der Waals surface area contributed by atoms with E-state index in [0.717, 1.165) is 25.2 Å². The third-order valence-corrected chi connectivity index (χ3v) is 3.19. The van der Waals surface area contributed by atoms with Crippen LogP contribution in [-0.2, 0) is 0 Å². The summed E-state index contributed by atoms with van der Waals surface area (Å²) in [7, 11) is 0. The summed E-state index contributed by atoms with van der Waals surface area (Å²) in [6.07, 6.45) is 2.23. The maximum absolute atomic E-state index is 6.16. The number of aromatic nitrogens is 1. The molecule has 4 nitrogen and oxygen atoms in total. The van der Waals surface area contributed by atoms with Gasteiger partial charge in [0.15, 0.2) is 0 Å². The van der Waals surface area contributed by atoms with Gasteiger partial charge in [-0.3, -0.25) is 0 Å². The zero-order valence-corrected chi connectivity index (χ0v) is 11.6. The highest BCUT2D eigenvalue weighted by Crippen LogP contribution is 2.14. The fourth-order valence-corrected chi connectivity index (χ4v) is 2.02. The molecule has 0 fully saturated rings. The van der Waals surface area contributed by atoms with Crippen molar-refractivity contribution in [3.8, 4) is 5.88 Å². The van der Waals surface area contributed by atoms with E-state index in [2.05, 4.69) is 24.1 Å². The summed E-state index contributed by atoms with van der Waals surface area (Å²) in [4.78, 5) is 4.36. The first-order valence-corrected chi connectivity index (χ1v) is 6.80. The molecule has 1 aromatic heterocycles. The molecule has 0 spiro atoms. The number of nitrogens with two attached hydrogens (primary N) is 1. The minimum absolute atomic E-state index is 0.164. The minimum atomic E-state index is 0.164. The molecule has 0 aliphatic rings. The number of anilines is 1. The lowest BCUT2D eigenvalue weighted by Crippen LogP contribution is -2.36. The Kier molecular flexibility index (Phi) is 6.50. The lowest BCUT2D eigenvalue weighted by atomic mass is 9.95. The molecule has 1 rings (SSSR count). The van der Waals surface area contributed by atoms with Crippen molar-refractivity contribution in [3.05, 3.63) is 18.2 Å². The molecule has 0 bridgehead atoms. The Morgan fingerprint density at radius 2 is 2.00 bits per heavy atom. The summed E-state index contributed by atoms with van der Waals surface area (Å²) in [5.41, 5.74) is 6.16. The van der Waals surface area contributed by atoms with E-state index >= 15 is 0 Å². The molecule has 0 aromatic carbocycles. The van der Waals surface area contributed by atoms with Gasteiger partial charge in [-0.2, -0.15) is 4.98 Å². The van der Waals surface area contributed by atoms with Crippen molar-refractivity contribution < 1.29 is 4.74 Å². The number of nitrogens with zero attached hydrogens (tertiary/aromatic N) is 1. The van der Waals surface area contributed by atoms with E-state index < -0.39 is 0 Å². The van der Waals surface area contributed by atoms with Gasteiger partial charge in [-0.25, -0.2) is 0 Å². The third kappa shape index (κ3) is 4.53. The summed E-state index contributed by atoms with van der Waals surface area (Å²) in [6.45, 7) is 7.69. The van der Waals surface area contributed by atoms with Crippen LogP contribution in [0.4, 0.5) is 5.82 Å². The molecule has 0 radical (unpaired) electrons. The standard InChI is InChI=1S/C14H25N3O/c1-4-11(5-2)12(15)10-16-13-8-7-9-14(17-13)18-6-3/h7-9,11-12H,4-6,10,15H2,1-3H3,(H,16,17). The minimum Gasteiger partial charge on any atom is -0.478 e. The first kappa shape index (κ1) is 14.8. The number of hydrogen-bond donors (Lipinski definition) is 2. The normalized spacial score (nSPS) is 12.5. The first-order chi connectivity index (χ1) is 8.71. The highest BCUT2D eigenvalue weighted by molar-refractivity contribution is 5.37.